The van der Waals surface area contributed by atoms with E-state index in [0.29, 0.717) is 24.5 Å². The van der Waals surface area contributed by atoms with Crippen molar-refractivity contribution in [1.82, 2.24) is 5.32 Å². The van der Waals surface area contributed by atoms with E-state index in [4.69, 9.17) is 9.47 Å². The first-order chi connectivity index (χ1) is 9.49. The number of hydrogen-bond acceptors (Lipinski definition) is 3. The first-order valence-corrected chi connectivity index (χ1v) is 8.07. The quantitative estimate of drug-likeness (QED) is 0.841. The van der Waals surface area contributed by atoms with Gasteiger partial charge in [0, 0.05) is 11.0 Å². The molecule has 0 spiro atoms. The van der Waals surface area contributed by atoms with Gasteiger partial charge in [0.25, 0.3) is 0 Å². The third-order valence-corrected chi connectivity index (χ3v) is 4.69. The molecule has 0 unspecified atom stereocenters. The van der Waals surface area contributed by atoms with Crippen LogP contribution in [0.4, 0.5) is 0 Å². The summed E-state index contributed by atoms with van der Waals surface area (Å²) in [7, 11) is 0. The molecule has 2 rings (SSSR count). The normalized spacial score (nSPS) is 13.8. The Labute approximate surface area is 130 Å². The van der Waals surface area contributed by atoms with E-state index in [1.165, 1.54) is 5.56 Å². The second-order valence-corrected chi connectivity index (χ2v) is 6.93. The first-order valence-electron chi connectivity index (χ1n) is 7.27. The topological polar surface area (TPSA) is 30.5 Å². The zero-order valence-electron chi connectivity index (χ0n) is 12.7. The van der Waals surface area contributed by atoms with E-state index in [1.807, 2.05) is 6.07 Å². The molecule has 3 nitrogen and oxygen atoms in total. The van der Waals surface area contributed by atoms with Crippen LogP contribution in [0.1, 0.15) is 33.3 Å². The van der Waals surface area contributed by atoms with Crippen LogP contribution < -0.4 is 14.8 Å². The lowest BCUT2D eigenvalue weighted by Gasteiger charge is -2.25. The van der Waals surface area contributed by atoms with Gasteiger partial charge in [-0.15, -0.1) is 0 Å². The summed E-state index contributed by atoms with van der Waals surface area (Å²) < 4.78 is 11.9. The molecule has 0 fully saturated rings. The van der Waals surface area contributed by atoms with Crippen LogP contribution in [0.3, 0.4) is 0 Å². The monoisotopic (exact) mass is 341 g/mol. The van der Waals surface area contributed by atoms with E-state index in [2.05, 4.69) is 55.0 Å². The van der Waals surface area contributed by atoms with Gasteiger partial charge in [-0.3, -0.25) is 0 Å². The summed E-state index contributed by atoms with van der Waals surface area (Å²) in [6, 6.07) is 4.04. The molecule has 1 N–H and O–H groups in total. The summed E-state index contributed by atoms with van der Waals surface area (Å²) in [5.41, 5.74) is 1.21. The fourth-order valence-corrected chi connectivity index (χ4v) is 3.17. The molecule has 4 heteroatoms. The molecular formula is C16H24BrNO2. The minimum absolute atomic E-state index is 0.321. The molecule has 1 aromatic rings. The van der Waals surface area contributed by atoms with Gasteiger partial charge < -0.3 is 14.8 Å². The zero-order chi connectivity index (χ0) is 14.7. The summed E-state index contributed by atoms with van der Waals surface area (Å²) in [6.45, 7) is 11.4. The number of benzene rings is 1. The molecule has 0 saturated heterocycles. The van der Waals surface area contributed by atoms with E-state index in [9.17, 15) is 0 Å². The molecule has 1 aromatic carbocycles. The van der Waals surface area contributed by atoms with E-state index in [-0.39, 0.29) is 0 Å². The standard InChI is InChI=1S/C16H24BrNO2/c1-10(2)13(11(3)4)8-18-7-12-5-15-16(6-14(12)17)20-9-19-15/h5-6,10-11,13,18H,7-9H2,1-4H3. The maximum Gasteiger partial charge on any atom is 0.231 e. The SMILES string of the molecule is CC(C)C(CNCc1cc2c(cc1Br)OCO2)C(C)C. The second kappa shape index (κ2) is 6.81. The zero-order valence-corrected chi connectivity index (χ0v) is 14.3. The lowest BCUT2D eigenvalue weighted by Crippen LogP contribution is -2.29. The molecular weight excluding hydrogens is 318 g/mol. The Balaban J connectivity index is 1.94. The highest BCUT2D eigenvalue weighted by Crippen LogP contribution is 2.36. The summed E-state index contributed by atoms with van der Waals surface area (Å²) in [5.74, 6) is 3.75. The number of fused-ring (bicyclic) bond motifs is 1. The van der Waals surface area contributed by atoms with Crippen LogP contribution in [0.2, 0.25) is 0 Å². The van der Waals surface area contributed by atoms with Gasteiger partial charge >= 0.3 is 0 Å². The van der Waals surface area contributed by atoms with Gasteiger partial charge in [-0.2, -0.15) is 0 Å². The number of ether oxygens (including phenoxy) is 2. The molecule has 0 amide bonds. The van der Waals surface area contributed by atoms with Crippen LogP contribution in [0.5, 0.6) is 11.5 Å². The Morgan fingerprint density at radius 3 is 2.30 bits per heavy atom. The van der Waals surface area contributed by atoms with Crippen LogP contribution in [-0.4, -0.2) is 13.3 Å². The fourth-order valence-electron chi connectivity index (χ4n) is 2.71. The molecule has 1 heterocycles. The average molecular weight is 342 g/mol. The lowest BCUT2D eigenvalue weighted by molar-refractivity contribution is 0.174. The molecule has 0 radical (unpaired) electrons. The van der Waals surface area contributed by atoms with Gasteiger partial charge in [-0.25, -0.2) is 0 Å². The highest BCUT2D eigenvalue weighted by Gasteiger charge is 2.18. The van der Waals surface area contributed by atoms with Gasteiger partial charge in [0.2, 0.25) is 6.79 Å². The Hall–Kier alpha value is -0.740. The van der Waals surface area contributed by atoms with Crippen LogP contribution in [0.15, 0.2) is 16.6 Å². The van der Waals surface area contributed by atoms with E-state index < -0.39 is 0 Å². The van der Waals surface area contributed by atoms with Crippen molar-refractivity contribution in [2.24, 2.45) is 17.8 Å². The largest absolute Gasteiger partial charge is 0.454 e. The minimum atomic E-state index is 0.321. The molecule has 0 aromatic heterocycles. The maximum atomic E-state index is 5.43. The van der Waals surface area contributed by atoms with Crippen molar-refractivity contribution >= 4 is 15.9 Å². The number of nitrogens with one attached hydrogen (secondary N) is 1. The predicted molar refractivity (Wildman–Crippen MR) is 85.1 cm³/mol. The Morgan fingerprint density at radius 1 is 1.10 bits per heavy atom. The molecule has 20 heavy (non-hydrogen) atoms. The van der Waals surface area contributed by atoms with Crippen molar-refractivity contribution in [1.29, 1.82) is 0 Å². The molecule has 1 aliphatic heterocycles. The smallest absolute Gasteiger partial charge is 0.231 e. The van der Waals surface area contributed by atoms with Gasteiger partial charge in [-0.1, -0.05) is 43.6 Å². The minimum Gasteiger partial charge on any atom is -0.454 e. The average Bonchev–Trinajstić information content (AvgIpc) is 2.80. The number of rotatable bonds is 6. The van der Waals surface area contributed by atoms with Crippen LogP contribution in [0.25, 0.3) is 0 Å². The van der Waals surface area contributed by atoms with Crippen molar-refractivity contribution in [3.05, 3.63) is 22.2 Å². The predicted octanol–water partition coefficient (Wildman–Crippen LogP) is 4.20. The lowest BCUT2D eigenvalue weighted by atomic mass is 9.85. The van der Waals surface area contributed by atoms with Crippen molar-refractivity contribution in [2.45, 2.75) is 34.2 Å². The summed E-state index contributed by atoms with van der Waals surface area (Å²) >= 11 is 3.60. The summed E-state index contributed by atoms with van der Waals surface area (Å²) in [6.07, 6.45) is 0. The summed E-state index contributed by atoms with van der Waals surface area (Å²) in [4.78, 5) is 0. The highest BCUT2D eigenvalue weighted by molar-refractivity contribution is 9.10. The van der Waals surface area contributed by atoms with Gasteiger partial charge in [-0.05, 0) is 42.0 Å². The molecule has 0 bridgehead atoms. The molecule has 0 aliphatic carbocycles. The van der Waals surface area contributed by atoms with Crippen molar-refractivity contribution in [3.63, 3.8) is 0 Å². The Bertz CT molecular complexity index is 452. The van der Waals surface area contributed by atoms with Crippen LogP contribution in [0, 0.1) is 17.8 Å². The van der Waals surface area contributed by atoms with Gasteiger partial charge in [0.15, 0.2) is 11.5 Å². The van der Waals surface area contributed by atoms with Crippen LogP contribution in [-0.2, 0) is 6.54 Å². The Kier molecular flexibility index (Phi) is 5.33. The van der Waals surface area contributed by atoms with Gasteiger partial charge in [0.1, 0.15) is 0 Å². The fraction of sp³-hybridized carbons (Fsp3) is 0.625. The third-order valence-electron chi connectivity index (χ3n) is 3.95. The molecule has 1 aliphatic rings. The van der Waals surface area contributed by atoms with E-state index in [0.717, 1.165) is 29.1 Å². The Morgan fingerprint density at radius 2 is 1.70 bits per heavy atom. The molecule has 112 valence electrons. The molecule has 0 saturated carbocycles. The first kappa shape index (κ1) is 15.6. The maximum absolute atomic E-state index is 5.43. The second-order valence-electron chi connectivity index (χ2n) is 6.08. The van der Waals surface area contributed by atoms with Crippen LogP contribution >= 0.6 is 15.9 Å². The van der Waals surface area contributed by atoms with Crippen molar-refractivity contribution in [2.75, 3.05) is 13.3 Å². The molecule has 0 atom stereocenters. The van der Waals surface area contributed by atoms with Crippen molar-refractivity contribution in [3.8, 4) is 11.5 Å². The van der Waals surface area contributed by atoms with Gasteiger partial charge in [0.05, 0.1) is 0 Å². The van der Waals surface area contributed by atoms with E-state index in [1.54, 1.807) is 0 Å². The van der Waals surface area contributed by atoms with Crippen molar-refractivity contribution < 1.29 is 9.47 Å². The summed E-state index contributed by atoms with van der Waals surface area (Å²) in [5, 5.41) is 3.57. The highest BCUT2D eigenvalue weighted by atomic mass is 79.9. The number of halogens is 1. The van der Waals surface area contributed by atoms with E-state index >= 15 is 0 Å². The third kappa shape index (κ3) is 3.67. The number of hydrogen-bond donors (Lipinski definition) is 1.